The number of rotatable bonds is 8. The summed E-state index contributed by atoms with van der Waals surface area (Å²) in [4.78, 5) is 19.1. The lowest BCUT2D eigenvalue weighted by Gasteiger charge is -2.07. The van der Waals surface area contributed by atoms with E-state index in [9.17, 15) is 13.2 Å². The molecule has 0 radical (unpaired) electrons. The average Bonchev–Trinajstić information content (AvgIpc) is 3.35. The number of nitrogens with one attached hydrogen (secondary N) is 2. The monoisotopic (exact) mass is 445 g/mol. The molecular weight excluding hydrogens is 426 g/mol. The second-order valence-corrected chi connectivity index (χ2v) is 10.1. The van der Waals surface area contributed by atoms with Crippen molar-refractivity contribution in [3.63, 3.8) is 0 Å². The molecule has 1 aromatic carbocycles. The molecule has 0 saturated heterocycles. The van der Waals surface area contributed by atoms with Gasteiger partial charge in [-0.15, -0.1) is 29.1 Å². The summed E-state index contributed by atoms with van der Waals surface area (Å²) in [5.74, 6) is 1.96. The highest BCUT2D eigenvalue weighted by molar-refractivity contribution is 7.89. The number of carbonyl (C=O) groups excluding carboxylic acids is 1. The lowest BCUT2D eigenvalue weighted by molar-refractivity contribution is 0.0954. The number of thiophene rings is 1. The van der Waals surface area contributed by atoms with Crippen molar-refractivity contribution in [2.45, 2.75) is 18.2 Å². The van der Waals surface area contributed by atoms with Crippen LogP contribution in [0, 0.1) is 19.3 Å². The number of aryl methyl sites for hydroxylation is 1. The minimum atomic E-state index is -3.66. The molecule has 0 spiro atoms. The molecule has 0 aliphatic carbocycles. The van der Waals surface area contributed by atoms with Crippen LogP contribution in [0.5, 0.6) is 0 Å². The molecule has 0 atom stereocenters. The number of amides is 1. The number of thiazole rings is 1. The van der Waals surface area contributed by atoms with Crippen LogP contribution in [0.25, 0.3) is 10.6 Å². The number of hydrogen-bond donors (Lipinski definition) is 2. The van der Waals surface area contributed by atoms with Crippen molar-refractivity contribution < 1.29 is 13.2 Å². The van der Waals surface area contributed by atoms with E-state index in [0.29, 0.717) is 18.5 Å². The van der Waals surface area contributed by atoms with Gasteiger partial charge in [0.25, 0.3) is 5.91 Å². The number of benzene rings is 1. The van der Waals surface area contributed by atoms with Crippen LogP contribution in [0.4, 0.5) is 0 Å². The van der Waals surface area contributed by atoms with E-state index in [0.717, 1.165) is 20.5 Å². The highest BCUT2D eigenvalue weighted by Gasteiger charge is 2.14. The predicted molar refractivity (Wildman–Crippen MR) is 117 cm³/mol. The number of sulfonamides is 1. The summed E-state index contributed by atoms with van der Waals surface area (Å²) in [5.41, 5.74) is 1.38. The normalized spacial score (nSPS) is 11.2. The molecule has 2 N–H and O–H groups in total. The topological polar surface area (TPSA) is 88.2 Å². The summed E-state index contributed by atoms with van der Waals surface area (Å²) in [6.45, 7) is 2.38. The standard InChI is InChI=1S/C20H19N3O3S3/c1-3-11-22-29(25,26)17-7-4-15(5-8-17)20(24)21-12-10-16-6-9-19(28-16)18-13-27-14(2)23-18/h1,4-9,13,22H,10-12H2,2H3,(H,21,24). The molecule has 9 heteroatoms. The van der Waals surface area contributed by atoms with Gasteiger partial charge in [-0.05, 0) is 49.7 Å². The van der Waals surface area contributed by atoms with Gasteiger partial charge in [-0.2, -0.15) is 4.72 Å². The fourth-order valence-corrected chi connectivity index (χ4v) is 5.12. The van der Waals surface area contributed by atoms with Crippen LogP contribution >= 0.6 is 22.7 Å². The van der Waals surface area contributed by atoms with Gasteiger partial charge < -0.3 is 5.32 Å². The van der Waals surface area contributed by atoms with Crippen LogP contribution in [0.15, 0.2) is 46.7 Å². The number of aromatic nitrogens is 1. The Morgan fingerprint density at radius 3 is 2.62 bits per heavy atom. The van der Waals surface area contributed by atoms with E-state index in [2.05, 4.69) is 20.9 Å². The Hall–Kier alpha value is -2.51. The van der Waals surface area contributed by atoms with Gasteiger partial charge in [0.05, 0.1) is 27.0 Å². The molecule has 3 aromatic rings. The zero-order valence-electron chi connectivity index (χ0n) is 15.6. The van der Waals surface area contributed by atoms with E-state index in [1.165, 1.54) is 24.3 Å². The molecule has 2 aromatic heterocycles. The minimum Gasteiger partial charge on any atom is -0.352 e. The third-order valence-corrected chi connectivity index (χ3v) is 7.34. The Balaban J connectivity index is 1.53. The van der Waals surface area contributed by atoms with Crippen LogP contribution in [0.3, 0.4) is 0 Å². The maximum absolute atomic E-state index is 12.3. The fourth-order valence-electron chi connectivity index (χ4n) is 2.53. The Morgan fingerprint density at radius 2 is 1.97 bits per heavy atom. The van der Waals surface area contributed by atoms with Crippen molar-refractivity contribution >= 4 is 38.6 Å². The lowest BCUT2D eigenvalue weighted by Crippen LogP contribution is -2.26. The van der Waals surface area contributed by atoms with E-state index < -0.39 is 10.0 Å². The molecule has 0 aliphatic heterocycles. The quantitative estimate of drug-likeness (QED) is 0.522. The molecule has 0 unspecified atom stereocenters. The van der Waals surface area contributed by atoms with Crippen molar-refractivity contribution in [2.75, 3.05) is 13.1 Å². The van der Waals surface area contributed by atoms with Gasteiger partial charge >= 0.3 is 0 Å². The third-order valence-electron chi connectivity index (χ3n) is 3.98. The van der Waals surface area contributed by atoms with Crippen LogP contribution in [-0.2, 0) is 16.4 Å². The van der Waals surface area contributed by atoms with Crippen LogP contribution < -0.4 is 10.0 Å². The van der Waals surface area contributed by atoms with E-state index in [1.54, 1.807) is 22.7 Å². The van der Waals surface area contributed by atoms with Gasteiger partial charge in [0.15, 0.2) is 0 Å². The Labute approximate surface area is 178 Å². The first kappa shape index (κ1) is 21.2. The average molecular weight is 446 g/mol. The first-order chi connectivity index (χ1) is 13.9. The molecule has 150 valence electrons. The molecule has 0 aliphatic rings. The number of terminal acetylenes is 1. The van der Waals surface area contributed by atoms with Crippen molar-refractivity contribution in [3.8, 4) is 22.9 Å². The van der Waals surface area contributed by atoms with Crippen LogP contribution in [-0.4, -0.2) is 32.4 Å². The van der Waals surface area contributed by atoms with Gasteiger partial charge in [0, 0.05) is 22.4 Å². The van der Waals surface area contributed by atoms with Gasteiger partial charge in [-0.1, -0.05) is 5.92 Å². The SMILES string of the molecule is C#CCNS(=O)(=O)c1ccc(C(=O)NCCc2ccc(-c3csc(C)n3)s2)cc1. The number of hydrogen-bond acceptors (Lipinski definition) is 6. The lowest BCUT2D eigenvalue weighted by atomic mass is 10.2. The molecule has 3 rings (SSSR count). The maximum Gasteiger partial charge on any atom is 0.251 e. The second-order valence-electron chi connectivity index (χ2n) is 6.08. The Morgan fingerprint density at radius 1 is 1.21 bits per heavy atom. The summed E-state index contributed by atoms with van der Waals surface area (Å²) in [7, 11) is -3.66. The molecular formula is C20H19N3O3S3. The first-order valence-electron chi connectivity index (χ1n) is 8.71. The molecule has 2 heterocycles. The fraction of sp³-hybridized carbons (Fsp3) is 0.200. The smallest absolute Gasteiger partial charge is 0.251 e. The van der Waals surface area contributed by atoms with Crippen molar-refractivity contribution in [1.82, 2.24) is 15.0 Å². The highest BCUT2D eigenvalue weighted by Crippen LogP contribution is 2.29. The zero-order valence-corrected chi connectivity index (χ0v) is 18.1. The molecule has 0 bridgehead atoms. The molecule has 29 heavy (non-hydrogen) atoms. The third kappa shape index (κ3) is 5.52. The second kappa shape index (κ2) is 9.33. The van der Waals surface area contributed by atoms with E-state index in [4.69, 9.17) is 6.42 Å². The van der Waals surface area contributed by atoms with Crippen molar-refractivity contribution in [3.05, 3.63) is 57.2 Å². The van der Waals surface area contributed by atoms with Crippen LogP contribution in [0.1, 0.15) is 20.2 Å². The highest BCUT2D eigenvalue weighted by atomic mass is 32.2. The minimum absolute atomic E-state index is 0.0627. The molecule has 0 saturated carbocycles. The summed E-state index contributed by atoms with van der Waals surface area (Å²) in [6, 6.07) is 9.82. The predicted octanol–water partition coefficient (Wildman–Crippen LogP) is 3.06. The molecule has 1 amide bonds. The van der Waals surface area contributed by atoms with Crippen molar-refractivity contribution in [1.29, 1.82) is 0 Å². The van der Waals surface area contributed by atoms with Crippen molar-refractivity contribution in [2.24, 2.45) is 0 Å². The summed E-state index contributed by atoms with van der Waals surface area (Å²) in [5, 5.41) is 5.93. The molecule has 6 nitrogen and oxygen atoms in total. The Kier molecular flexibility index (Phi) is 6.82. The first-order valence-corrected chi connectivity index (χ1v) is 11.9. The van der Waals surface area contributed by atoms with E-state index >= 15 is 0 Å². The van der Waals surface area contributed by atoms with E-state index in [-0.39, 0.29) is 17.3 Å². The Bertz CT molecular complexity index is 1140. The number of nitrogens with zero attached hydrogens (tertiary/aromatic N) is 1. The van der Waals surface area contributed by atoms with Gasteiger partial charge in [0.1, 0.15) is 0 Å². The van der Waals surface area contributed by atoms with Gasteiger partial charge in [-0.3, -0.25) is 4.79 Å². The summed E-state index contributed by atoms with van der Waals surface area (Å²) < 4.78 is 26.3. The van der Waals surface area contributed by atoms with Gasteiger partial charge in [-0.25, -0.2) is 13.4 Å². The largest absolute Gasteiger partial charge is 0.352 e. The van der Waals surface area contributed by atoms with E-state index in [1.807, 2.05) is 24.4 Å². The summed E-state index contributed by atoms with van der Waals surface area (Å²) >= 11 is 3.29. The maximum atomic E-state index is 12.3. The number of carbonyl (C=O) groups is 1. The molecule has 0 fully saturated rings. The van der Waals surface area contributed by atoms with Gasteiger partial charge in [0.2, 0.25) is 10.0 Å². The van der Waals surface area contributed by atoms with Crippen LogP contribution in [0.2, 0.25) is 0 Å². The zero-order chi connectivity index (χ0) is 20.9. The summed E-state index contributed by atoms with van der Waals surface area (Å²) in [6.07, 6.45) is 5.78.